The number of nitrogens with zero attached hydrogens (tertiary/aromatic N) is 1. The van der Waals surface area contributed by atoms with Gasteiger partial charge < -0.3 is 5.32 Å². The fourth-order valence-corrected chi connectivity index (χ4v) is 3.12. The van der Waals surface area contributed by atoms with Gasteiger partial charge in [-0.2, -0.15) is 13.5 Å². The maximum absolute atomic E-state index is 13.6. The van der Waals surface area contributed by atoms with Crippen LogP contribution in [-0.2, 0) is 16.6 Å². The lowest BCUT2D eigenvalue weighted by molar-refractivity contribution is 0.592. The third kappa shape index (κ3) is 2.92. The number of nitrogens with one attached hydrogen (secondary N) is 3. The van der Waals surface area contributed by atoms with Crippen LogP contribution in [0.25, 0.3) is 0 Å². The number of rotatable bonds is 5. The number of benzene rings is 1. The summed E-state index contributed by atoms with van der Waals surface area (Å²) < 4.78 is 40.2. The van der Waals surface area contributed by atoms with E-state index in [2.05, 4.69) is 20.2 Å². The highest BCUT2D eigenvalue weighted by molar-refractivity contribution is 7.92. The lowest BCUT2D eigenvalue weighted by Gasteiger charge is -2.10. The molecule has 3 N–H and O–H groups in total. The highest BCUT2D eigenvalue weighted by atomic mass is 35.5. The quantitative estimate of drug-likeness (QED) is 0.783. The lowest BCUT2D eigenvalue weighted by atomic mass is 10.3. The summed E-state index contributed by atoms with van der Waals surface area (Å²) in [6.07, 6.45) is 1.38. The van der Waals surface area contributed by atoms with Crippen molar-refractivity contribution in [3.8, 4) is 0 Å². The van der Waals surface area contributed by atoms with Crippen molar-refractivity contribution >= 4 is 27.3 Å². The van der Waals surface area contributed by atoms with Crippen molar-refractivity contribution in [2.45, 2.75) is 11.6 Å². The number of para-hydroxylation sites is 1. The summed E-state index contributed by atoms with van der Waals surface area (Å²) in [5.41, 5.74) is 0.145. The molecule has 0 unspecified atom stereocenters. The molecule has 0 saturated heterocycles. The Morgan fingerprint density at radius 3 is 2.85 bits per heavy atom. The number of halogens is 2. The summed E-state index contributed by atoms with van der Waals surface area (Å²) >= 11 is 5.79. The average molecular weight is 319 g/mol. The van der Waals surface area contributed by atoms with Crippen LogP contribution in [0.5, 0.6) is 0 Å². The van der Waals surface area contributed by atoms with E-state index in [4.69, 9.17) is 11.6 Å². The van der Waals surface area contributed by atoms with Gasteiger partial charge in [-0.05, 0) is 19.2 Å². The minimum absolute atomic E-state index is 0.0248. The summed E-state index contributed by atoms with van der Waals surface area (Å²) in [5, 5.41) is 8.73. The molecule has 0 atom stereocenters. The highest BCUT2D eigenvalue weighted by Crippen LogP contribution is 2.27. The molecule has 0 spiro atoms. The first-order valence-electron chi connectivity index (χ1n) is 5.59. The van der Waals surface area contributed by atoms with E-state index in [0.717, 1.165) is 6.07 Å². The Balaban J connectivity index is 2.39. The van der Waals surface area contributed by atoms with E-state index >= 15 is 0 Å². The van der Waals surface area contributed by atoms with E-state index in [-0.39, 0.29) is 15.7 Å². The van der Waals surface area contributed by atoms with Crippen LogP contribution in [-0.4, -0.2) is 25.7 Å². The third-order valence-electron chi connectivity index (χ3n) is 2.51. The summed E-state index contributed by atoms with van der Waals surface area (Å²) in [6, 6.07) is 3.90. The number of H-pyrrole nitrogens is 1. The van der Waals surface area contributed by atoms with Gasteiger partial charge in [0, 0.05) is 12.1 Å². The SMILES string of the molecule is CNCc1cn[nH]c1S(=O)(=O)Nc1c(F)cccc1Cl. The van der Waals surface area contributed by atoms with Crippen LogP contribution in [0.15, 0.2) is 29.4 Å². The molecule has 2 rings (SSSR count). The van der Waals surface area contributed by atoms with Crippen molar-refractivity contribution < 1.29 is 12.8 Å². The van der Waals surface area contributed by atoms with Gasteiger partial charge in [-0.25, -0.2) is 4.39 Å². The molecule has 0 fully saturated rings. The maximum Gasteiger partial charge on any atom is 0.279 e. The van der Waals surface area contributed by atoms with Gasteiger partial charge in [0.05, 0.1) is 11.2 Å². The number of hydrogen-bond acceptors (Lipinski definition) is 4. The second-order valence-corrected chi connectivity index (χ2v) is 5.98. The molecule has 1 aromatic carbocycles. The Kier molecular flexibility index (Phi) is 4.26. The van der Waals surface area contributed by atoms with Crippen LogP contribution in [0.3, 0.4) is 0 Å². The van der Waals surface area contributed by atoms with Crippen molar-refractivity contribution in [1.82, 2.24) is 15.5 Å². The first kappa shape index (κ1) is 14.8. The van der Waals surface area contributed by atoms with Crippen molar-refractivity contribution in [3.05, 3.63) is 40.8 Å². The van der Waals surface area contributed by atoms with Gasteiger partial charge in [0.15, 0.2) is 5.03 Å². The van der Waals surface area contributed by atoms with Crippen LogP contribution in [0.2, 0.25) is 5.02 Å². The second-order valence-electron chi connectivity index (χ2n) is 3.96. The molecule has 0 aliphatic carbocycles. The molecule has 9 heteroatoms. The largest absolute Gasteiger partial charge is 0.316 e. The predicted molar refractivity (Wildman–Crippen MR) is 73.6 cm³/mol. The average Bonchev–Trinajstić information content (AvgIpc) is 2.84. The summed E-state index contributed by atoms with van der Waals surface area (Å²) in [7, 11) is -2.33. The molecule has 0 radical (unpaired) electrons. The van der Waals surface area contributed by atoms with Gasteiger partial charge >= 0.3 is 0 Å². The topological polar surface area (TPSA) is 86.9 Å². The predicted octanol–water partition coefficient (Wildman–Crippen LogP) is 1.72. The zero-order chi connectivity index (χ0) is 14.8. The fraction of sp³-hybridized carbons (Fsp3) is 0.182. The van der Waals surface area contributed by atoms with E-state index in [1.54, 1.807) is 7.05 Å². The molecule has 0 bridgehead atoms. The Labute approximate surface area is 120 Å². The molecular weight excluding hydrogens is 307 g/mol. The summed E-state index contributed by atoms with van der Waals surface area (Å²) in [5.74, 6) is -0.754. The maximum atomic E-state index is 13.6. The molecule has 2 aromatic rings. The number of aromatic amines is 1. The second kappa shape index (κ2) is 5.78. The van der Waals surface area contributed by atoms with Crippen LogP contribution >= 0.6 is 11.6 Å². The number of hydrogen-bond donors (Lipinski definition) is 3. The third-order valence-corrected chi connectivity index (χ3v) is 4.19. The molecule has 0 aliphatic heterocycles. The minimum Gasteiger partial charge on any atom is -0.316 e. The molecule has 1 heterocycles. The molecule has 0 aliphatic rings. The molecular formula is C11H12ClFN4O2S. The number of aromatic nitrogens is 2. The van der Waals surface area contributed by atoms with Gasteiger partial charge in [-0.15, -0.1) is 0 Å². The van der Waals surface area contributed by atoms with E-state index in [1.807, 2.05) is 0 Å². The lowest BCUT2D eigenvalue weighted by Crippen LogP contribution is -2.18. The monoisotopic (exact) mass is 318 g/mol. The van der Waals surface area contributed by atoms with Crippen LogP contribution in [0.1, 0.15) is 5.56 Å². The zero-order valence-electron chi connectivity index (χ0n) is 10.4. The van der Waals surface area contributed by atoms with Gasteiger partial charge in [0.1, 0.15) is 11.5 Å². The number of sulfonamides is 1. The van der Waals surface area contributed by atoms with Crippen molar-refractivity contribution in [2.75, 3.05) is 11.8 Å². The van der Waals surface area contributed by atoms with E-state index in [9.17, 15) is 12.8 Å². The van der Waals surface area contributed by atoms with E-state index in [0.29, 0.717) is 12.1 Å². The smallest absolute Gasteiger partial charge is 0.279 e. The minimum atomic E-state index is -4.00. The zero-order valence-corrected chi connectivity index (χ0v) is 12.0. The van der Waals surface area contributed by atoms with Gasteiger partial charge in [-0.3, -0.25) is 9.82 Å². The Bertz CT molecular complexity index is 697. The van der Waals surface area contributed by atoms with Crippen molar-refractivity contribution in [3.63, 3.8) is 0 Å². The number of anilines is 1. The van der Waals surface area contributed by atoms with Gasteiger partial charge in [-0.1, -0.05) is 17.7 Å². The standard InChI is InChI=1S/C11H12ClFN4O2S/c1-14-5-7-6-15-16-11(7)20(18,19)17-10-8(12)3-2-4-9(10)13/h2-4,6,14,17H,5H2,1H3,(H,15,16). The molecule has 0 saturated carbocycles. The molecule has 1 aromatic heterocycles. The Hall–Kier alpha value is -1.64. The van der Waals surface area contributed by atoms with Crippen LogP contribution in [0.4, 0.5) is 10.1 Å². The van der Waals surface area contributed by atoms with E-state index < -0.39 is 15.8 Å². The van der Waals surface area contributed by atoms with Gasteiger partial charge in [0.2, 0.25) is 0 Å². The van der Waals surface area contributed by atoms with Crippen LogP contribution < -0.4 is 10.0 Å². The van der Waals surface area contributed by atoms with E-state index in [1.165, 1.54) is 18.3 Å². The Morgan fingerprint density at radius 2 is 2.20 bits per heavy atom. The molecule has 0 amide bonds. The van der Waals surface area contributed by atoms with Crippen molar-refractivity contribution in [1.29, 1.82) is 0 Å². The highest BCUT2D eigenvalue weighted by Gasteiger charge is 2.23. The first-order chi connectivity index (χ1) is 9.45. The normalized spacial score (nSPS) is 11.6. The fourth-order valence-electron chi connectivity index (χ4n) is 1.63. The Morgan fingerprint density at radius 1 is 1.45 bits per heavy atom. The van der Waals surface area contributed by atoms with Gasteiger partial charge in [0.25, 0.3) is 10.0 Å². The summed E-state index contributed by atoms with van der Waals surface area (Å²) in [6.45, 7) is 0.303. The van der Waals surface area contributed by atoms with Crippen LogP contribution in [0, 0.1) is 5.82 Å². The summed E-state index contributed by atoms with van der Waals surface area (Å²) in [4.78, 5) is 0. The molecule has 20 heavy (non-hydrogen) atoms. The molecule has 108 valence electrons. The first-order valence-corrected chi connectivity index (χ1v) is 7.45. The van der Waals surface area contributed by atoms with Crippen molar-refractivity contribution in [2.24, 2.45) is 0 Å². The molecule has 6 nitrogen and oxygen atoms in total.